The average Bonchev–Trinajstić information content (AvgIpc) is 2.32. The minimum atomic E-state index is -0.168. The van der Waals surface area contributed by atoms with E-state index in [9.17, 15) is 4.39 Å². The smallest absolute Gasteiger partial charge is 0.130 e. The van der Waals surface area contributed by atoms with Gasteiger partial charge in [-0.05, 0) is 34.0 Å². The molecular formula is C12H11BrFN3. The van der Waals surface area contributed by atoms with Crippen LogP contribution < -0.4 is 5.32 Å². The lowest BCUT2D eigenvalue weighted by Gasteiger charge is -2.06. The van der Waals surface area contributed by atoms with Crippen LogP contribution in [0.25, 0.3) is 0 Å². The summed E-state index contributed by atoms with van der Waals surface area (Å²) in [6.07, 6.45) is 2.09. The van der Waals surface area contributed by atoms with Crippen LogP contribution in [-0.2, 0) is 6.42 Å². The largest absolute Gasteiger partial charge is 0.370 e. The molecule has 5 heteroatoms. The molecule has 0 fully saturated rings. The molecule has 2 aromatic rings. The molecule has 2 rings (SSSR count). The van der Waals surface area contributed by atoms with Gasteiger partial charge in [0, 0.05) is 12.6 Å². The second kappa shape index (κ2) is 5.72. The van der Waals surface area contributed by atoms with E-state index in [4.69, 9.17) is 0 Å². The van der Waals surface area contributed by atoms with Crippen molar-refractivity contribution in [2.24, 2.45) is 0 Å². The Morgan fingerprint density at radius 1 is 1.24 bits per heavy atom. The maximum atomic E-state index is 13.3. The third-order valence-electron chi connectivity index (χ3n) is 2.29. The van der Waals surface area contributed by atoms with Crippen LogP contribution >= 0.6 is 15.9 Å². The van der Waals surface area contributed by atoms with Gasteiger partial charge in [0.05, 0.1) is 0 Å². The summed E-state index contributed by atoms with van der Waals surface area (Å²) in [5.41, 5.74) is 0.702. The minimum Gasteiger partial charge on any atom is -0.370 e. The fourth-order valence-electron chi connectivity index (χ4n) is 1.46. The molecule has 0 aliphatic heterocycles. The van der Waals surface area contributed by atoms with E-state index >= 15 is 0 Å². The van der Waals surface area contributed by atoms with Gasteiger partial charge in [0.1, 0.15) is 22.6 Å². The van der Waals surface area contributed by atoms with E-state index in [0.29, 0.717) is 18.5 Å². The highest BCUT2D eigenvalue weighted by molar-refractivity contribution is 9.10. The van der Waals surface area contributed by atoms with Crippen molar-refractivity contribution in [1.29, 1.82) is 0 Å². The van der Waals surface area contributed by atoms with Gasteiger partial charge in [-0.2, -0.15) is 0 Å². The second-order valence-electron chi connectivity index (χ2n) is 3.49. The molecule has 88 valence electrons. The number of benzene rings is 1. The molecule has 0 amide bonds. The summed E-state index contributed by atoms with van der Waals surface area (Å²) in [5.74, 6) is 0.557. The van der Waals surface area contributed by atoms with Crippen LogP contribution in [0, 0.1) is 5.82 Å². The third kappa shape index (κ3) is 3.49. The number of rotatable bonds is 4. The summed E-state index contributed by atoms with van der Waals surface area (Å²) >= 11 is 3.26. The molecule has 0 saturated heterocycles. The molecule has 3 nitrogen and oxygen atoms in total. The fraction of sp³-hybridized carbons (Fsp3) is 0.167. The molecule has 0 atom stereocenters. The summed E-state index contributed by atoms with van der Waals surface area (Å²) in [5, 5.41) is 3.11. The van der Waals surface area contributed by atoms with Gasteiger partial charge < -0.3 is 5.32 Å². The average molecular weight is 296 g/mol. The highest BCUT2D eigenvalue weighted by Crippen LogP contribution is 2.10. The standard InChI is InChI=1S/C12H11BrFN3/c13-11-7-12(17-8-16-11)15-6-5-9-3-1-2-4-10(9)14/h1-4,7-8H,5-6H2,(H,15,16,17). The predicted molar refractivity (Wildman–Crippen MR) is 68.3 cm³/mol. The van der Waals surface area contributed by atoms with Gasteiger partial charge in [-0.1, -0.05) is 18.2 Å². The van der Waals surface area contributed by atoms with Crippen LogP contribution in [0.3, 0.4) is 0 Å². The van der Waals surface area contributed by atoms with Crippen LogP contribution in [0.15, 0.2) is 41.3 Å². The second-order valence-corrected chi connectivity index (χ2v) is 4.31. The number of anilines is 1. The fourth-order valence-corrected chi connectivity index (χ4v) is 1.77. The number of aromatic nitrogens is 2. The van der Waals surface area contributed by atoms with E-state index in [1.807, 2.05) is 6.07 Å². The zero-order valence-electron chi connectivity index (χ0n) is 9.03. The van der Waals surface area contributed by atoms with E-state index in [-0.39, 0.29) is 5.82 Å². The van der Waals surface area contributed by atoms with Crippen molar-refractivity contribution in [1.82, 2.24) is 9.97 Å². The van der Waals surface area contributed by atoms with Crippen LogP contribution in [0.1, 0.15) is 5.56 Å². The molecule has 1 aromatic heterocycles. The van der Waals surface area contributed by atoms with Crippen molar-refractivity contribution in [3.8, 4) is 0 Å². The maximum Gasteiger partial charge on any atom is 0.130 e. The summed E-state index contributed by atoms with van der Waals surface area (Å²) in [4.78, 5) is 7.97. The van der Waals surface area contributed by atoms with Gasteiger partial charge in [0.2, 0.25) is 0 Å². The number of halogens is 2. The van der Waals surface area contributed by atoms with Crippen molar-refractivity contribution in [3.05, 3.63) is 52.6 Å². The first kappa shape index (κ1) is 12.0. The first-order valence-electron chi connectivity index (χ1n) is 5.20. The normalized spacial score (nSPS) is 10.2. The topological polar surface area (TPSA) is 37.8 Å². The lowest BCUT2D eigenvalue weighted by molar-refractivity contribution is 0.610. The molecule has 1 heterocycles. The van der Waals surface area contributed by atoms with E-state index in [0.717, 1.165) is 10.4 Å². The van der Waals surface area contributed by atoms with Gasteiger partial charge in [0.15, 0.2) is 0 Å². The summed E-state index contributed by atoms with van der Waals surface area (Å²) < 4.78 is 14.0. The molecule has 0 aliphatic carbocycles. The summed E-state index contributed by atoms with van der Waals surface area (Å²) in [6.45, 7) is 0.629. The summed E-state index contributed by atoms with van der Waals surface area (Å²) in [6, 6.07) is 8.55. The molecule has 17 heavy (non-hydrogen) atoms. The molecule has 0 unspecified atom stereocenters. The van der Waals surface area contributed by atoms with E-state index in [2.05, 4.69) is 31.2 Å². The van der Waals surface area contributed by atoms with E-state index in [1.165, 1.54) is 12.4 Å². The Kier molecular flexibility index (Phi) is 4.03. The van der Waals surface area contributed by atoms with Gasteiger partial charge in [-0.15, -0.1) is 0 Å². The Morgan fingerprint density at radius 2 is 2.06 bits per heavy atom. The van der Waals surface area contributed by atoms with E-state index < -0.39 is 0 Å². The Bertz CT molecular complexity index is 505. The molecule has 0 saturated carbocycles. The monoisotopic (exact) mass is 295 g/mol. The number of hydrogen-bond donors (Lipinski definition) is 1. The zero-order chi connectivity index (χ0) is 12.1. The van der Waals surface area contributed by atoms with Crippen molar-refractivity contribution < 1.29 is 4.39 Å². The van der Waals surface area contributed by atoms with Crippen molar-refractivity contribution >= 4 is 21.7 Å². The molecule has 0 aliphatic rings. The molecule has 0 bridgehead atoms. The molecule has 0 spiro atoms. The number of hydrogen-bond acceptors (Lipinski definition) is 3. The number of nitrogens with zero attached hydrogens (tertiary/aromatic N) is 2. The highest BCUT2D eigenvalue weighted by Gasteiger charge is 2.00. The lowest BCUT2D eigenvalue weighted by atomic mass is 10.1. The summed E-state index contributed by atoms with van der Waals surface area (Å²) in [7, 11) is 0. The van der Waals surface area contributed by atoms with E-state index in [1.54, 1.807) is 18.2 Å². The van der Waals surface area contributed by atoms with Crippen LogP contribution in [0.4, 0.5) is 10.2 Å². The molecule has 0 radical (unpaired) electrons. The highest BCUT2D eigenvalue weighted by atomic mass is 79.9. The van der Waals surface area contributed by atoms with Gasteiger partial charge in [0.25, 0.3) is 0 Å². The predicted octanol–water partition coefficient (Wildman–Crippen LogP) is 3.03. The third-order valence-corrected chi connectivity index (χ3v) is 2.73. The van der Waals surface area contributed by atoms with Crippen LogP contribution in [0.2, 0.25) is 0 Å². The molecule has 1 N–H and O–H groups in total. The van der Waals surface area contributed by atoms with Crippen molar-refractivity contribution in [2.75, 3.05) is 11.9 Å². The molecule has 1 aromatic carbocycles. The van der Waals surface area contributed by atoms with Gasteiger partial charge in [-0.3, -0.25) is 0 Å². The number of nitrogens with one attached hydrogen (secondary N) is 1. The molecular weight excluding hydrogens is 285 g/mol. The maximum absolute atomic E-state index is 13.3. The Balaban J connectivity index is 1.90. The van der Waals surface area contributed by atoms with Crippen molar-refractivity contribution in [2.45, 2.75) is 6.42 Å². The Labute approximate surface area is 107 Å². The first-order chi connectivity index (χ1) is 8.25. The first-order valence-corrected chi connectivity index (χ1v) is 6.00. The van der Waals surface area contributed by atoms with Crippen LogP contribution in [-0.4, -0.2) is 16.5 Å². The van der Waals surface area contributed by atoms with Crippen LogP contribution in [0.5, 0.6) is 0 Å². The minimum absolute atomic E-state index is 0.168. The SMILES string of the molecule is Fc1ccccc1CCNc1cc(Br)ncn1. The van der Waals surface area contributed by atoms with Gasteiger partial charge >= 0.3 is 0 Å². The quantitative estimate of drug-likeness (QED) is 0.881. The van der Waals surface area contributed by atoms with Gasteiger partial charge in [-0.25, -0.2) is 14.4 Å². The lowest BCUT2D eigenvalue weighted by Crippen LogP contribution is -2.07. The Hall–Kier alpha value is -1.49. The van der Waals surface area contributed by atoms with Crippen molar-refractivity contribution in [3.63, 3.8) is 0 Å². The zero-order valence-corrected chi connectivity index (χ0v) is 10.6. The Morgan fingerprint density at radius 3 is 2.82 bits per heavy atom.